The van der Waals surface area contributed by atoms with Gasteiger partial charge in [0.15, 0.2) is 5.78 Å². The number of nitrogens with zero attached hydrogens (tertiary/aromatic N) is 2. The number of nitrogens with one attached hydrogen (secondary N) is 1. The average molecular weight is 402 g/mol. The molecule has 0 unspecified atom stereocenters. The zero-order chi connectivity index (χ0) is 19.9. The van der Waals surface area contributed by atoms with Crippen molar-refractivity contribution in [1.82, 2.24) is 10.2 Å². The van der Waals surface area contributed by atoms with E-state index in [1.54, 1.807) is 36.4 Å². The first kappa shape index (κ1) is 20.5. The summed E-state index contributed by atoms with van der Waals surface area (Å²) in [4.78, 5) is 25.4. The number of Topliss-reactive ketones (excluding diaryl/α,β-unsaturated/α-hetero) is 1. The Balaban J connectivity index is 1.38. The van der Waals surface area contributed by atoms with Crippen LogP contribution in [0.5, 0.6) is 0 Å². The number of piperidine rings is 1. The molecule has 1 aliphatic rings. The Morgan fingerprint density at radius 2 is 1.89 bits per heavy atom. The fraction of sp³-hybridized carbons (Fsp3) is 0.381. The van der Waals surface area contributed by atoms with Crippen LogP contribution in [-0.2, 0) is 6.54 Å². The van der Waals surface area contributed by atoms with Gasteiger partial charge in [-0.25, -0.2) is 0 Å². The number of ketones is 1. The van der Waals surface area contributed by atoms with Crippen molar-refractivity contribution in [2.45, 2.75) is 19.4 Å². The summed E-state index contributed by atoms with van der Waals surface area (Å²) >= 11 is 5.89. The van der Waals surface area contributed by atoms with Gasteiger partial charge in [-0.3, -0.25) is 14.9 Å². The Morgan fingerprint density at radius 1 is 1.18 bits per heavy atom. The summed E-state index contributed by atoms with van der Waals surface area (Å²) in [5.74, 6) is 0.287. The lowest BCUT2D eigenvalue weighted by molar-refractivity contribution is -0.384. The third-order valence-corrected chi connectivity index (χ3v) is 5.39. The molecule has 0 atom stereocenters. The first-order valence-corrected chi connectivity index (χ1v) is 9.87. The minimum atomic E-state index is -0.376. The summed E-state index contributed by atoms with van der Waals surface area (Å²) < 4.78 is 0. The van der Waals surface area contributed by atoms with Gasteiger partial charge in [0.25, 0.3) is 5.69 Å². The van der Waals surface area contributed by atoms with Crippen LogP contribution in [0.15, 0.2) is 48.5 Å². The lowest BCUT2D eigenvalue weighted by Gasteiger charge is -2.31. The molecule has 2 aromatic rings. The van der Waals surface area contributed by atoms with E-state index in [0.29, 0.717) is 11.6 Å². The topological polar surface area (TPSA) is 75.5 Å². The van der Waals surface area contributed by atoms with Crippen molar-refractivity contribution < 1.29 is 9.72 Å². The molecule has 6 nitrogen and oxygen atoms in total. The fourth-order valence-electron chi connectivity index (χ4n) is 3.52. The highest BCUT2D eigenvalue weighted by Crippen LogP contribution is 2.22. The van der Waals surface area contributed by atoms with Gasteiger partial charge in [-0.05, 0) is 55.8 Å². The molecule has 1 heterocycles. The maximum Gasteiger partial charge on any atom is 0.269 e. The van der Waals surface area contributed by atoms with Crippen LogP contribution in [0.3, 0.4) is 0 Å². The Labute approximate surface area is 169 Å². The molecule has 28 heavy (non-hydrogen) atoms. The van der Waals surface area contributed by atoms with E-state index in [2.05, 4.69) is 10.2 Å². The highest BCUT2D eigenvalue weighted by Gasteiger charge is 2.25. The molecule has 7 heteroatoms. The summed E-state index contributed by atoms with van der Waals surface area (Å²) in [6, 6.07) is 13.8. The second-order valence-electron chi connectivity index (χ2n) is 7.09. The second-order valence-corrected chi connectivity index (χ2v) is 7.53. The Bertz CT molecular complexity index is 818. The van der Waals surface area contributed by atoms with Crippen LogP contribution in [0.2, 0.25) is 5.02 Å². The van der Waals surface area contributed by atoms with Crippen LogP contribution >= 0.6 is 11.6 Å². The van der Waals surface area contributed by atoms with E-state index in [9.17, 15) is 14.9 Å². The number of carbonyl (C=O) groups excluding carboxylic acids is 1. The molecule has 1 saturated heterocycles. The summed E-state index contributed by atoms with van der Waals surface area (Å²) in [5, 5.41) is 14.8. The molecule has 148 valence electrons. The summed E-state index contributed by atoms with van der Waals surface area (Å²) in [6.07, 6.45) is 1.73. The van der Waals surface area contributed by atoms with Crippen LogP contribution in [0.4, 0.5) is 5.69 Å². The molecule has 1 aliphatic heterocycles. The number of rotatable bonds is 8. The quantitative estimate of drug-likeness (QED) is 0.314. The molecule has 1 N–H and O–H groups in total. The minimum absolute atomic E-state index is 0.0789. The number of likely N-dealkylation sites (tertiary alicyclic amines) is 1. The predicted octanol–water partition coefficient (Wildman–Crippen LogP) is 3.93. The minimum Gasteiger partial charge on any atom is -0.311 e. The maximum absolute atomic E-state index is 12.6. The van der Waals surface area contributed by atoms with Crippen molar-refractivity contribution in [2.75, 3.05) is 26.2 Å². The van der Waals surface area contributed by atoms with Gasteiger partial charge >= 0.3 is 0 Å². The molecule has 0 amide bonds. The van der Waals surface area contributed by atoms with Gasteiger partial charge in [0, 0.05) is 48.3 Å². The number of non-ortho nitro benzene ring substituents is 1. The Kier molecular flexibility index (Phi) is 7.14. The van der Waals surface area contributed by atoms with E-state index in [-0.39, 0.29) is 22.3 Å². The van der Waals surface area contributed by atoms with Crippen molar-refractivity contribution in [1.29, 1.82) is 0 Å². The van der Waals surface area contributed by atoms with Gasteiger partial charge in [0.1, 0.15) is 0 Å². The average Bonchev–Trinajstić information content (AvgIpc) is 2.72. The Morgan fingerprint density at radius 3 is 2.57 bits per heavy atom. The zero-order valence-electron chi connectivity index (χ0n) is 15.6. The number of nitro groups is 1. The van der Waals surface area contributed by atoms with Gasteiger partial charge in [0.2, 0.25) is 0 Å². The van der Waals surface area contributed by atoms with Gasteiger partial charge in [-0.1, -0.05) is 23.7 Å². The molecule has 2 aromatic carbocycles. The van der Waals surface area contributed by atoms with Crippen molar-refractivity contribution >= 4 is 23.1 Å². The largest absolute Gasteiger partial charge is 0.311 e. The monoisotopic (exact) mass is 401 g/mol. The lowest BCUT2D eigenvalue weighted by Crippen LogP contribution is -2.39. The number of halogens is 1. The number of nitro benzene ring substituents is 1. The smallest absolute Gasteiger partial charge is 0.269 e. The van der Waals surface area contributed by atoms with Gasteiger partial charge in [-0.2, -0.15) is 0 Å². The molecule has 1 fully saturated rings. The van der Waals surface area contributed by atoms with Crippen molar-refractivity contribution in [3.63, 3.8) is 0 Å². The summed E-state index contributed by atoms with van der Waals surface area (Å²) in [6.45, 7) is 4.12. The highest BCUT2D eigenvalue weighted by molar-refractivity contribution is 6.30. The third kappa shape index (κ3) is 5.61. The van der Waals surface area contributed by atoms with Gasteiger partial charge < -0.3 is 10.2 Å². The fourth-order valence-corrected chi connectivity index (χ4v) is 3.64. The van der Waals surface area contributed by atoms with E-state index < -0.39 is 0 Å². The predicted molar refractivity (Wildman–Crippen MR) is 110 cm³/mol. The summed E-state index contributed by atoms with van der Waals surface area (Å²) in [5.41, 5.74) is 1.76. The van der Waals surface area contributed by atoms with E-state index >= 15 is 0 Å². The van der Waals surface area contributed by atoms with Crippen molar-refractivity contribution in [2.24, 2.45) is 5.92 Å². The standard InChI is InChI=1S/C21H24ClN3O3/c22-19-6-4-17(5-7-19)21(26)18-8-11-24(12-9-18)13-10-23-15-16-2-1-3-20(14-16)25(27)28/h1-7,14,18,23H,8-13,15H2. The first-order valence-electron chi connectivity index (χ1n) is 9.49. The molecule has 0 aliphatic carbocycles. The van der Waals surface area contributed by atoms with Gasteiger partial charge in [-0.15, -0.1) is 0 Å². The maximum atomic E-state index is 12.6. The number of benzene rings is 2. The van der Waals surface area contributed by atoms with Crippen molar-refractivity contribution in [3.05, 3.63) is 74.8 Å². The molecule has 3 rings (SSSR count). The van der Waals surface area contributed by atoms with Crippen LogP contribution in [0, 0.1) is 16.0 Å². The first-order chi connectivity index (χ1) is 13.5. The lowest BCUT2D eigenvalue weighted by atomic mass is 9.89. The summed E-state index contributed by atoms with van der Waals surface area (Å²) in [7, 11) is 0. The molecule has 0 bridgehead atoms. The highest BCUT2D eigenvalue weighted by atomic mass is 35.5. The molecule has 0 aromatic heterocycles. The van der Waals surface area contributed by atoms with E-state index in [4.69, 9.17) is 11.6 Å². The SMILES string of the molecule is O=C(c1ccc(Cl)cc1)C1CCN(CCNCc2cccc([N+](=O)[O-])c2)CC1. The molecule has 0 spiro atoms. The molecular formula is C21H24ClN3O3. The van der Waals surface area contributed by atoms with Crippen molar-refractivity contribution in [3.8, 4) is 0 Å². The van der Waals surface area contributed by atoms with E-state index in [1.807, 2.05) is 6.07 Å². The second kappa shape index (κ2) is 9.78. The Hall–Kier alpha value is -2.28. The zero-order valence-corrected chi connectivity index (χ0v) is 16.4. The van der Waals surface area contributed by atoms with E-state index in [1.165, 1.54) is 6.07 Å². The third-order valence-electron chi connectivity index (χ3n) is 5.14. The van der Waals surface area contributed by atoms with Crippen LogP contribution < -0.4 is 5.32 Å². The molecule has 0 saturated carbocycles. The number of hydrogen-bond acceptors (Lipinski definition) is 5. The van der Waals surface area contributed by atoms with Crippen LogP contribution in [0.25, 0.3) is 0 Å². The number of hydrogen-bond donors (Lipinski definition) is 1. The molecular weight excluding hydrogens is 378 g/mol. The van der Waals surface area contributed by atoms with Crippen LogP contribution in [-0.4, -0.2) is 41.8 Å². The van der Waals surface area contributed by atoms with Gasteiger partial charge in [0.05, 0.1) is 4.92 Å². The number of carbonyl (C=O) groups is 1. The van der Waals surface area contributed by atoms with Crippen LogP contribution in [0.1, 0.15) is 28.8 Å². The molecule has 0 radical (unpaired) electrons. The van der Waals surface area contributed by atoms with E-state index in [0.717, 1.165) is 50.1 Å². The normalized spacial score (nSPS) is 15.5.